The standard InChI is InChI=1S/C24H29N3O2/c1-15(25)26-14-21-19-13-23(29-6)22(28-5)12-17(19)11-20(27-21)16-8-7-9-18(10-16)24(2,3)4/h7-13H,14H2,1-6H3,(H2,25,26). The first-order valence-electron chi connectivity index (χ1n) is 9.66. The van der Waals surface area contributed by atoms with E-state index in [2.05, 4.69) is 56.1 Å². The molecule has 5 nitrogen and oxygen atoms in total. The number of hydrogen-bond acceptors (Lipinski definition) is 4. The second-order valence-electron chi connectivity index (χ2n) is 8.17. The summed E-state index contributed by atoms with van der Waals surface area (Å²) in [6.07, 6.45) is 0. The zero-order valence-corrected chi connectivity index (χ0v) is 18.0. The van der Waals surface area contributed by atoms with Crippen molar-refractivity contribution in [3.05, 3.63) is 53.7 Å². The van der Waals surface area contributed by atoms with Crippen LogP contribution in [0.1, 0.15) is 39.0 Å². The molecule has 1 aromatic heterocycles. The van der Waals surface area contributed by atoms with Crippen molar-refractivity contribution in [1.82, 2.24) is 4.98 Å². The van der Waals surface area contributed by atoms with Crippen molar-refractivity contribution >= 4 is 16.6 Å². The largest absolute Gasteiger partial charge is 0.493 e. The Balaban J connectivity index is 2.24. The maximum atomic E-state index is 5.78. The van der Waals surface area contributed by atoms with Gasteiger partial charge in [0.25, 0.3) is 0 Å². The van der Waals surface area contributed by atoms with Gasteiger partial charge in [0.05, 0.1) is 38.0 Å². The van der Waals surface area contributed by atoms with E-state index < -0.39 is 0 Å². The number of nitrogens with two attached hydrogens (primary N) is 1. The van der Waals surface area contributed by atoms with Gasteiger partial charge >= 0.3 is 0 Å². The monoisotopic (exact) mass is 391 g/mol. The smallest absolute Gasteiger partial charge is 0.161 e. The van der Waals surface area contributed by atoms with Crippen molar-refractivity contribution in [2.24, 2.45) is 10.7 Å². The SMILES string of the molecule is COc1cc2cc(-c3cccc(C(C)(C)C)c3)nc(C/N=C(/C)N)c2cc1OC. The maximum absolute atomic E-state index is 5.78. The van der Waals surface area contributed by atoms with Crippen molar-refractivity contribution in [2.45, 2.75) is 39.7 Å². The van der Waals surface area contributed by atoms with Crippen molar-refractivity contribution in [1.29, 1.82) is 0 Å². The molecule has 2 N–H and O–H groups in total. The Morgan fingerprint density at radius 3 is 2.34 bits per heavy atom. The van der Waals surface area contributed by atoms with Crippen LogP contribution in [-0.2, 0) is 12.0 Å². The number of hydrogen-bond donors (Lipinski definition) is 1. The van der Waals surface area contributed by atoms with E-state index in [1.807, 2.05) is 12.1 Å². The Labute approximate surface area is 172 Å². The predicted molar refractivity (Wildman–Crippen MR) is 120 cm³/mol. The van der Waals surface area contributed by atoms with E-state index in [0.29, 0.717) is 23.9 Å². The molecule has 0 saturated heterocycles. The van der Waals surface area contributed by atoms with Gasteiger partial charge < -0.3 is 15.2 Å². The van der Waals surface area contributed by atoms with Crippen LogP contribution < -0.4 is 15.2 Å². The molecule has 1 heterocycles. The summed E-state index contributed by atoms with van der Waals surface area (Å²) in [5.74, 6) is 1.88. The highest BCUT2D eigenvalue weighted by molar-refractivity contribution is 5.91. The van der Waals surface area contributed by atoms with E-state index in [9.17, 15) is 0 Å². The van der Waals surface area contributed by atoms with Crippen LogP contribution in [0.2, 0.25) is 0 Å². The van der Waals surface area contributed by atoms with Crippen LogP contribution in [0.3, 0.4) is 0 Å². The summed E-state index contributed by atoms with van der Waals surface area (Å²) in [6, 6.07) is 14.5. The van der Waals surface area contributed by atoms with Gasteiger partial charge in [-0.1, -0.05) is 39.0 Å². The fourth-order valence-electron chi connectivity index (χ4n) is 3.26. The van der Waals surface area contributed by atoms with Gasteiger partial charge in [-0.15, -0.1) is 0 Å². The Hall–Kier alpha value is -3.08. The minimum Gasteiger partial charge on any atom is -0.493 e. The number of benzene rings is 2. The number of nitrogens with zero attached hydrogens (tertiary/aromatic N) is 2. The molecule has 0 aliphatic heterocycles. The third kappa shape index (κ3) is 4.50. The maximum Gasteiger partial charge on any atom is 0.161 e. The first-order valence-corrected chi connectivity index (χ1v) is 9.66. The number of aliphatic imine (C=N–C) groups is 1. The molecule has 152 valence electrons. The van der Waals surface area contributed by atoms with Crippen molar-refractivity contribution in [3.8, 4) is 22.8 Å². The highest BCUT2D eigenvalue weighted by Crippen LogP contribution is 2.36. The molecule has 0 bridgehead atoms. The zero-order valence-electron chi connectivity index (χ0n) is 18.0. The topological polar surface area (TPSA) is 69.7 Å². The summed E-state index contributed by atoms with van der Waals surface area (Å²) in [7, 11) is 3.27. The van der Waals surface area contributed by atoms with Crippen molar-refractivity contribution in [3.63, 3.8) is 0 Å². The number of methoxy groups -OCH3 is 2. The molecule has 2 aromatic carbocycles. The van der Waals surface area contributed by atoms with Crippen LogP contribution in [0.5, 0.6) is 11.5 Å². The summed E-state index contributed by atoms with van der Waals surface area (Å²) >= 11 is 0. The summed E-state index contributed by atoms with van der Waals surface area (Å²) < 4.78 is 11.0. The quantitative estimate of drug-likeness (QED) is 0.486. The van der Waals surface area contributed by atoms with Crippen LogP contribution in [0.15, 0.2) is 47.5 Å². The molecule has 0 amide bonds. The average Bonchev–Trinajstić information content (AvgIpc) is 2.70. The van der Waals surface area contributed by atoms with Gasteiger partial charge in [-0.25, -0.2) is 0 Å². The fraction of sp³-hybridized carbons (Fsp3) is 0.333. The third-order valence-corrected chi connectivity index (χ3v) is 4.92. The predicted octanol–water partition coefficient (Wildman–Crippen LogP) is 5.09. The van der Waals surface area contributed by atoms with Crippen molar-refractivity contribution < 1.29 is 9.47 Å². The summed E-state index contributed by atoms with van der Waals surface area (Å²) in [4.78, 5) is 9.33. The second kappa shape index (κ2) is 8.11. The lowest BCUT2D eigenvalue weighted by molar-refractivity contribution is 0.356. The third-order valence-electron chi connectivity index (χ3n) is 4.92. The molecule has 0 saturated carbocycles. The second-order valence-corrected chi connectivity index (χ2v) is 8.17. The molecule has 3 rings (SSSR count). The normalized spacial score (nSPS) is 12.3. The number of ether oxygens (including phenoxy) is 2. The molecular weight excluding hydrogens is 362 g/mol. The summed E-state index contributed by atoms with van der Waals surface area (Å²) in [5.41, 5.74) is 9.93. The van der Waals surface area contributed by atoms with E-state index >= 15 is 0 Å². The van der Waals surface area contributed by atoms with Crippen LogP contribution >= 0.6 is 0 Å². The molecule has 29 heavy (non-hydrogen) atoms. The Bertz CT molecular complexity index is 1060. The minimum atomic E-state index is 0.0627. The molecule has 0 aliphatic carbocycles. The summed E-state index contributed by atoms with van der Waals surface area (Å²) in [6.45, 7) is 8.81. The molecule has 0 unspecified atom stereocenters. The van der Waals surface area contributed by atoms with Crippen molar-refractivity contribution in [2.75, 3.05) is 14.2 Å². The molecule has 0 fully saturated rings. The molecule has 5 heteroatoms. The van der Waals surface area contributed by atoms with Crippen LogP contribution in [-0.4, -0.2) is 25.0 Å². The van der Waals surface area contributed by atoms with Gasteiger partial charge in [-0.2, -0.15) is 0 Å². The van der Waals surface area contributed by atoms with Gasteiger partial charge in [0.2, 0.25) is 0 Å². The Morgan fingerprint density at radius 1 is 1.03 bits per heavy atom. The summed E-state index contributed by atoms with van der Waals surface area (Å²) in [5, 5.41) is 2.00. The molecule has 3 aromatic rings. The first-order chi connectivity index (χ1) is 13.7. The van der Waals surface area contributed by atoms with Crippen LogP contribution in [0.4, 0.5) is 0 Å². The molecule has 0 aliphatic rings. The van der Waals surface area contributed by atoms with E-state index in [1.165, 1.54) is 5.56 Å². The van der Waals surface area contributed by atoms with E-state index in [-0.39, 0.29) is 5.41 Å². The highest BCUT2D eigenvalue weighted by Gasteiger charge is 2.16. The fourth-order valence-corrected chi connectivity index (χ4v) is 3.26. The number of rotatable bonds is 5. The molecule has 0 radical (unpaired) electrons. The lowest BCUT2D eigenvalue weighted by atomic mass is 9.86. The van der Waals surface area contributed by atoms with E-state index in [4.69, 9.17) is 20.2 Å². The zero-order chi connectivity index (χ0) is 21.2. The van der Waals surface area contributed by atoms with Gasteiger partial charge in [0, 0.05) is 10.9 Å². The molecule has 0 spiro atoms. The van der Waals surface area contributed by atoms with Gasteiger partial charge in [0.15, 0.2) is 11.5 Å². The average molecular weight is 392 g/mol. The van der Waals surface area contributed by atoms with Gasteiger partial charge in [-0.3, -0.25) is 9.98 Å². The lowest BCUT2D eigenvalue weighted by Gasteiger charge is -2.20. The number of fused-ring (bicyclic) bond motifs is 1. The molecular formula is C24H29N3O2. The van der Waals surface area contributed by atoms with Gasteiger partial charge in [-0.05, 0) is 47.6 Å². The van der Waals surface area contributed by atoms with Gasteiger partial charge in [0.1, 0.15) is 0 Å². The highest BCUT2D eigenvalue weighted by atomic mass is 16.5. The minimum absolute atomic E-state index is 0.0627. The Morgan fingerprint density at radius 2 is 1.72 bits per heavy atom. The Kier molecular flexibility index (Phi) is 5.78. The number of pyridine rings is 1. The first kappa shape index (κ1) is 20.6. The van der Waals surface area contributed by atoms with E-state index in [0.717, 1.165) is 27.7 Å². The van der Waals surface area contributed by atoms with Crippen LogP contribution in [0, 0.1) is 0 Å². The van der Waals surface area contributed by atoms with Crippen LogP contribution in [0.25, 0.3) is 22.0 Å². The van der Waals surface area contributed by atoms with E-state index in [1.54, 1.807) is 21.1 Å². The number of amidine groups is 1. The molecule has 0 atom stereocenters. The lowest BCUT2D eigenvalue weighted by Crippen LogP contribution is -2.10. The number of aromatic nitrogens is 1.